The predicted octanol–water partition coefficient (Wildman–Crippen LogP) is 3.11. The summed E-state index contributed by atoms with van der Waals surface area (Å²) in [6.45, 7) is 2.69. The third-order valence-corrected chi connectivity index (χ3v) is 3.22. The molecule has 0 fully saturated rings. The Kier molecular flexibility index (Phi) is 3.91. The standard InChI is InChI=1S/C13H16BrN3O/c1-9-12(8-17(2)16-9)15-7-10-6-11(14)4-5-13(10)18-3/h4-6,8,15H,7H2,1-3H3. The number of benzene rings is 1. The fraction of sp³-hybridized carbons (Fsp3) is 0.308. The number of nitrogens with one attached hydrogen (secondary N) is 1. The van der Waals surface area contributed by atoms with Crippen molar-refractivity contribution in [1.29, 1.82) is 0 Å². The summed E-state index contributed by atoms with van der Waals surface area (Å²) >= 11 is 3.47. The van der Waals surface area contributed by atoms with Gasteiger partial charge in [0.15, 0.2) is 0 Å². The fourth-order valence-corrected chi connectivity index (χ4v) is 2.26. The van der Waals surface area contributed by atoms with Gasteiger partial charge in [0, 0.05) is 29.8 Å². The molecule has 0 saturated carbocycles. The molecule has 2 rings (SSSR count). The number of halogens is 1. The van der Waals surface area contributed by atoms with E-state index < -0.39 is 0 Å². The SMILES string of the molecule is COc1ccc(Br)cc1CNc1cn(C)nc1C. The van der Waals surface area contributed by atoms with Crippen LogP contribution in [0.15, 0.2) is 28.9 Å². The highest BCUT2D eigenvalue weighted by Gasteiger charge is 2.06. The Hall–Kier alpha value is -1.49. The molecule has 1 heterocycles. The molecule has 18 heavy (non-hydrogen) atoms. The van der Waals surface area contributed by atoms with Crippen LogP contribution in [0, 0.1) is 6.92 Å². The first kappa shape index (κ1) is 13.0. The Bertz CT molecular complexity index is 551. The maximum atomic E-state index is 5.34. The van der Waals surface area contributed by atoms with E-state index in [1.165, 1.54) is 0 Å². The van der Waals surface area contributed by atoms with Gasteiger partial charge in [-0.1, -0.05) is 15.9 Å². The molecule has 5 heteroatoms. The van der Waals surface area contributed by atoms with E-state index >= 15 is 0 Å². The molecule has 0 amide bonds. The van der Waals surface area contributed by atoms with Gasteiger partial charge in [0.05, 0.1) is 18.5 Å². The van der Waals surface area contributed by atoms with Gasteiger partial charge in [-0.05, 0) is 25.1 Å². The van der Waals surface area contributed by atoms with Crippen molar-refractivity contribution in [2.45, 2.75) is 13.5 Å². The molecule has 0 aliphatic heterocycles. The van der Waals surface area contributed by atoms with Crippen LogP contribution in [0.3, 0.4) is 0 Å². The predicted molar refractivity (Wildman–Crippen MR) is 76.0 cm³/mol. The lowest BCUT2D eigenvalue weighted by Crippen LogP contribution is -2.02. The minimum absolute atomic E-state index is 0.704. The summed E-state index contributed by atoms with van der Waals surface area (Å²) in [6, 6.07) is 5.98. The molecule has 0 unspecified atom stereocenters. The van der Waals surface area contributed by atoms with Gasteiger partial charge in [-0.15, -0.1) is 0 Å². The largest absolute Gasteiger partial charge is 0.496 e. The molecule has 1 aromatic carbocycles. The molecular weight excluding hydrogens is 294 g/mol. The molecule has 2 aromatic rings. The van der Waals surface area contributed by atoms with Crippen LogP contribution in [0.25, 0.3) is 0 Å². The average Bonchev–Trinajstić information content (AvgIpc) is 2.65. The van der Waals surface area contributed by atoms with Crippen LogP contribution in [0.2, 0.25) is 0 Å². The summed E-state index contributed by atoms with van der Waals surface area (Å²) in [6.07, 6.45) is 1.97. The Labute approximate surface area is 115 Å². The van der Waals surface area contributed by atoms with E-state index in [1.807, 2.05) is 32.3 Å². The first-order chi connectivity index (χ1) is 8.60. The smallest absolute Gasteiger partial charge is 0.123 e. The van der Waals surface area contributed by atoms with E-state index in [4.69, 9.17) is 4.74 Å². The van der Waals surface area contributed by atoms with Crippen molar-refractivity contribution in [3.05, 3.63) is 40.1 Å². The van der Waals surface area contributed by atoms with Gasteiger partial charge in [0.25, 0.3) is 0 Å². The minimum Gasteiger partial charge on any atom is -0.496 e. The summed E-state index contributed by atoms with van der Waals surface area (Å²) in [7, 11) is 3.60. The molecule has 0 spiro atoms. The van der Waals surface area contributed by atoms with E-state index in [1.54, 1.807) is 11.8 Å². The molecule has 4 nitrogen and oxygen atoms in total. The summed E-state index contributed by atoms with van der Waals surface area (Å²) in [5, 5.41) is 7.66. The van der Waals surface area contributed by atoms with Gasteiger partial charge < -0.3 is 10.1 Å². The average molecular weight is 310 g/mol. The first-order valence-corrected chi connectivity index (χ1v) is 6.46. The number of nitrogens with zero attached hydrogens (tertiary/aromatic N) is 2. The monoisotopic (exact) mass is 309 g/mol. The second kappa shape index (κ2) is 5.44. The van der Waals surface area contributed by atoms with Gasteiger partial charge in [0.1, 0.15) is 5.75 Å². The highest BCUT2D eigenvalue weighted by molar-refractivity contribution is 9.10. The first-order valence-electron chi connectivity index (χ1n) is 5.66. The van der Waals surface area contributed by atoms with Crippen molar-refractivity contribution in [3.8, 4) is 5.75 Å². The third kappa shape index (κ3) is 2.85. The Morgan fingerprint density at radius 1 is 1.44 bits per heavy atom. The van der Waals surface area contributed by atoms with Crippen LogP contribution in [0.4, 0.5) is 5.69 Å². The molecule has 96 valence electrons. The zero-order valence-corrected chi connectivity index (χ0v) is 12.3. The third-order valence-electron chi connectivity index (χ3n) is 2.73. The van der Waals surface area contributed by atoms with Crippen molar-refractivity contribution in [2.24, 2.45) is 7.05 Å². The van der Waals surface area contributed by atoms with E-state index in [0.717, 1.165) is 27.2 Å². The number of ether oxygens (including phenoxy) is 1. The Morgan fingerprint density at radius 2 is 2.22 bits per heavy atom. The number of rotatable bonds is 4. The summed E-state index contributed by atoms with van der Waals surface area (Å²) in [4.78, 5) is 0. The van der Waals surface area contributed by atoms with Crippen molar-refractivity contribution in [2.75, 3.05) is 12.4 Å². The highest BCUT2D eigenvalue weighted by Crippen LogP contribution is 2.24. The maximum Gasteiger partial charge on any atom is 0.123 e. The number of methoxy groups -OCH3 is 1. The normalized spacial score (nSPS) is 10.4. The van der Waals surface area contributed by atoms with Gasteiger partial charge in [-0.3, -0.25) is 4.68 Å². The molecule has 0 radical (unpaired) electrons. The number of aryl methyl sites for hydroxylation is 2. The Balaban J connectivity index is 2.14. The quantitative estimate of drug-likeness (QED) is 0.943. The minimum atomic E-state index is 0.704. The van der Waals surface area contributed by atoms with Crippen molar-refractivity contribution in [1.82, 2.24) is 9.78 Å². The van der Waals surface area contributed by atoms with E-state index in [2.05, 4.69) is 32.4 Å². The van der Waals surface area contributed by atoms with Gasteiger partial charge >= 0.3 is 0 Å². The van der Waals surface area contributed by atoms with Gasteiger partial charge in [-0.25, -0.2) is 0 Å². The van der Waals surface area contributed by atoms with Gasteiger partial charge in [-0.2, -0.15) is 5.10 Å². The van der Waals surface area contributed by atoms with Crippen LogP contribution < -0.4 is 10.1 Å². The topological polar surface area (TPSA) is 39.1 Å². The van der Waals surface area contributed by atoms with E-state index in [-0.39, 0.29) is 0 Å². The lowest BCUT2D eigenvalue weighted by molar-refractivity contribution is 0.410. The van der Waals surface area contributed by atoms with Crippen molar-refractivity contribution >= 4 is 21.6 Å². The van der Waals surface area contributed by atoms with E-state index in [0.29, 0.717) is 6.54 Å². The van der Waals surface area contributed by atoms with Crippen molar-refractivity contribution < 1.29 is 4.74 Å². The van der Waals surface area contributed by atoms with Crippen LogP contribution in [-0.4, -0.2) is 16.9 Å². The number of hydrogen-bond acceptors (Lipinski definition) is 3. The molecule has 1 N–H and O–H groups in total. The summed E-state index contributed by atoms with van der Waals surface area (Å²) < 4.78 is 8.19. The summed E-state index contributed by atoms with van der Waals surface area (Å²) in [5.74, 6) is 0.882. The second-order valence-electron chi connectivity index (χ2n) is 4.11. The number of hydrogen-bond donors (Lipinski definition) is 1. The van der Waals surface area contributed by atoms with Crippen LogP contribution in [0.5, 0.6) is 5.75 Å². The summed E-state index contributed by atoms with van der Waals surface area (Å²) in [5.41, 5.74) is 3.14. The zero-order chi connectivity index (χ0) is 13.1. The fourth-order valence-electron chi connectivity index (χ4n) is 1.85. The number of anilines is 1. The van der Waals surface area contributed by atoms with Crippen LogP contribution >= 0.6 is 15.9 Å². The van der Waals surface area contributed by atoms with Crippen molar-refractivity contribution in [3.63, 3.8) is 0 Å². The number of aromatic nitrogens is 2. The van der Waals surface area contributed by atoms with Crippen LogP contribution in [-0.2, 0) is 13.6 Å². The second-order valence-corrected chi connectivity index (χ2v) is 5.03. The molecule has 0 aliphatic rings. The highest BCUT2D eigenvalue weighted by atomic mass is 79.9. The van der Waals surface area contributed by atoms with Gasteiger partial charge in [0.2, 0.25) is 0 Å². The molecular formula is C13H16BrN3O. The molecule has 0 saturated heterocycles. The Morgan fingerprint density at radius 3 is 2.83 bits per heavy atom. The van der Waals surface area contributed by atoms with Crippen LogP contribution in [0.1, 0.15) is 11.3 Å². The van der Waals surface area contributed by atoms with E-state index in [9.17, 15) is 0 Å². The lowest BCUT2D eigenvalue weighted by atomic mass is 10.2. The maximum absolute atomic E-state index is 5.34. The molecule has 0 atom stereocenters. The molecule has 0 bridgehead atoms. The molecule has 0 aliphatic carbocycles. The lowest BCUT2D eigenvalue weighted by Gasteiger charge is -2.10. The zero-order valence-electron chi connectivity index (χ0n) is 10.7. The molecule has 1 aromatic heterocycles.